The first-order valence-electron chi connectivity index (χ1n) is 13.6. The highest BCUT2D eigenvalue weighted by atomic mass is 19.4. The number of nitrogens with one attached hydrogen (secondary N) is 1. The lowest BCUT2D eigenvalue weighted by Crippen LogP contribution is -2.51. The van der Waals surface area contributed by atoms with Crippen LogP contribution >= 0.6 is 0 Å². The van der Waals surface area contributed by atoms with Crippen molar-refractivity contribution in [1.82, 2.24) is 20.1 Å². The van der Waals surface area contributed by atoms with E-state index in [1.165, 1.54) is 38.3 Å². The number of carbonyl (C=O) groups excluding carboxylic acids is 2. The highest BCUT2D eigenvalue weighted by molar-refractivity contribution is 6.00. The van der Waals surface area contributed by atoms with Gasteiger partial charge in [-0.2, -0.15) is 18.3 Å². The molecule has 2 aliphatic rings. The number of pyridine rings is 1. The maximum atomic E-state index is 14.7. The van der Waals surface area contributed by atoms with E-state index in [1.807, 2.05) is 0 Å². The standard InChI is InChI=1S/C30H27F4N5O5/c1-28(27(35)41)14-44-25-20(28)11-22(37-24(25)15-3-5-18(31)6-4-15)29(42,30(32,33)34)13-36-26(40)16-9-17-12-39(19-7-8-19)38-23(17)21(10-16)43-2/h3-6,9-12,19,42H,7-8,13-14H2,1-2H3,(H2,35,41)(H,36,40)/t28-,29?/m0/s1. The van der Waals surface area contributed by atoms with Crippen LogP contribution < -0.4 is 20.5 Å². The fraction of sp³-hybridized carbons (Fsp3) is 0.333. The number of aliphatic hydroxyl groups is 1. The Bertz CT molecular complexity index is 1800. The Balaban J connectivity index is 1.40. The number of rotatable bonds is 8. The summed E-state index contributed by atoms with van der Waals surface area (Å²) in [4.78, 5) is 29.7. The molecular formula is C30H27F4N5O5. The third-order valence-electron chi connectivity index (χ3n) is 8.13. The van der Waals surface area contributed by atoms with Crippen molar-refractivity contribution in [2.24, 2.45) is 5.73 Å². The lowest BCUT2D eigenvalue weighted by molar-refractivity contribution is -0.265. The van der Waals surface area contributed by atoms with E-state index in [2.05, 4.69) is 15.4 Å². The van der Waals surface area contributed by atoms with Crippen LogP contribution in [0.4, 0.5) is 17.6 Å². The minimum atomic E-state index is -5.35. The molecule has 3 heterocycles. The molecule has 230 valence electrons. The largest absolute Gasteiger partial charge is 0.494 e. The van der Waals surface area contributed by atoms with Crippen molar-refractivity contribution < 1.29 is 41.7 Å². The molecule has 6 rings (SSSR count). The summed E-state index contributed by atoms with van der Waals surface area (Å²) in [6.45, 7) is -0.234. The minimum Gasteiger partial charge on any atom is -0.494 e. The number of hydrogen-bond donors (Lipinski definition) is 3. The van der Waals surface area contributed by atoms with Crippen molar-refractivity contribution in [3.63, 3.8) is 0 Å². The van der Waals surface area contributed by atoms with Crippen molar-refractivity contribution in [2.45, 2.75) is 43.0 Å². The fourth-order valence-electron chi connectivity index (χ4n) is 5.18. The molecule has 0 saturated heterocycles. The molecule has 4 aromatic rings. The Labute approximate surface area is 247 Å². The molecule has 0 radical (unpaired) electrons. The number of benzene rings is 2. The zero-order valence-corrected chi connectivity index (χ0v) is 23.5. The number of amides is 2. The number of carbonyl (C=O) groups is 2. The normalized spacial score (nSPS) is 19.2. The van der Waals surface area contributed by atoms with Gasteiger partial charge in [-0.15, -0.1) is 0 Å². The third kappa shape index (κ3) is 4.78. The maximum absolute atomic E-state index is 14.7. The zero-order valence-electron chi connectivity index (χ0n) is 23.5. The Morgan fingerprint density at radius 3 is 2.52 bits per heavy atom. The van der Waals surface area contributed by atoms with Gasteiger partial charge in [-0.05, 0) is 62.2 Å². The van der Waals surface area contributed by atoms with Gasteiger partial charge in [-0.1, -0.05) is 0 Å². The van der Waals surface area contributed by atoms with Gasteiger partial charge >= 0.3 is 6.18 Å². The molecule has 2 atom stereocenters. The SMILES string of the molecule is COc1cc(C(=O)NCC(O)(c2cc3c(c(-c4ccc(F)cc4)n2)OC[C@]3(C)C(N)=O)C(F)(F)F)cc2cn(C3CC3)nc12. The molecule has 1 saturated carbocycles. The van der Waals surface area contributed by atoms with Gasteiger partial charge in [0, 0.05) is 28.3 Å². The summed E-state index contributed by atoms with van der Waals surface area (Å²) in [5.74, 6) is -2.17. The molecule has 1 aliphatic carbocycles. The molecule has 1 unspecified atom stereocenters. The molecule has 2 aromatic heterocycles. The average Bonchev–Trinajstić information content (AvgIpc) is 3.65. The third-order valence-corrected chi connectivity index (χ3v) is 8.13. The molecule has 4 N–H and O–H groups in total. The molecule has 1 aliphatic heterocycles. The van der Waals surface area contributed by atoms with E-state index in [-0.39, 0.29) is 46.5 Å². The smallest absolute Gasteiger partial charge is 0.424 e. The second kappa shape index (κ2) is 10.2. The van der Waals surface area contributed by atoms with Crippen molar-refractivity contribution in [1.29, 1.82) is 0 Å². The van der Waals surface area contributed by atoms with E-state index in [9.17, 15) is 32.3 Å². The lowest BCUT2D eigenvalue weighted by Gasteiger charge is -2.31. The summed E-state index contributed by atoms with van der Waals surface area (Å²) in [6, 6.07) is 8.67. The monoisotopic (exact) mass is 613 g/mol. The molecule has 10 nitrogen and oxygen atoms in total. The number of primary amides is 1. The van der Waals surface area contributed by atoms with Gasteiger partial charge in [0.2, 0.25) is 11.5 Å². The van der Waals surface area contributed by atoms with E-state index in [0.29, 0.717) is 10.9 Å². The number of fused-ring (bicyclic) bond motifs is 2. The van der Waals surface area contributed by atoms with Crippen LogP contribution in [-0.4, -0.2) is 58.1 Å². The van der Waals surface area contributed by atoms with Crippen LogP contribution in [0.25, 0.3) is 22.2 Å². The van der Waals surface area contributed by atoms with Gasteiger partial charge < -0.3 is 25.6 Å². The molecule has 1 fully saturated rings. The predicted octanol–water partition coefficient (Wildman–Crippen LogP) is 3.90. The summed E-state index contributed by atoms with van der Waals surface area (Å²) in [7, 11) is 1.39. The minimum absolute atomic E-state index is 0.0159. The Morgan fingerprint density at radius 1 is 1.20 bits per heavy atom. The van der Waals surface area contributed by atoms with Gasteiger partial charge in [0.05, 0.1) is 25.4 Å². The fourth-order valence-corrected chi connectivity index (χ4v) is 5.18. The van der Waals surface area contributed by atoms with Gasteiger partial charge in [0.1, 0.15) is 40.5 Å². The topological polar surface area (TPSA) is 142 Å². The number of methoxy groups -OCH3 is 1. The van der Waals surface area contributed by atoms with Gasteiger partial charge in [0.25, 0.3) is 5.91 Å². The van der Waals surface area contributed by atoms with Gasteiger partial charge in [-0.3, -0.25) is 14.3 Å². The van der Waals surface area contributed by atoms with E-state index in [0.717, 1.165) is 31.0 Å². The number of hydrogen-bond acceptors (Lipinski definition) is 7. The van der Waals surface area contributed by atoms with Crippen LogP contribution in [-0.2, 0) is 15.8 Å². The first kappa shape index (κ1) is 29.4. The molecule has 2 amide bonds. The first-order valence-corrected chi connectivity index (χ1v) is 13.6. The summed E-state index contributed by atoms with van der Waals surface area (Å²) in [5.41, 5.74) is -0.156. The maximum Gasteiger partial charge on any atom is 0.424 e. The number of halogens is 4. The van der Waals surface area contributed by atoms with E-state index in [1.54, 1.807) is 10.9 Å². The summed E-state index contributed by atoms with van der Waals surface area (Å²) in [5, 5.41) is 18.5. The molecule has 0 bridgehead atoms. The summed E-state index contributed by atoms with van der Waals surface area (Å²) in [6.07, 6.45) is -1.69. The number of aromatic nitrogens is 3. The van der Waals surface area contributed by atoms with Crippen molar-refractivity contribution >= 4 is 22.7 Å². The van der Waals surface area contributed by atoms with E-state index in [4.69, 9.17) is 15.2 Å². The molecule has 2 aromatic carbocycles. The number of nitrogens with zero attached hydrogens (tertiary/aromatic N) is 3. The van der Waals surface area contributed by atoms with Crippen LogP contribution in [0.3, 0.4) is 0 Å². The van der Waals surface area contributed by atoms with Crippen molar-refractivity contribution in [3.05, 3.63) is 71.3 Å². The van der Waals surface area contributed by atoms with Crippen LogP contribution in [0.1, 0.15) is 47.4 Å². The van der Waals surface area contributed by atoms with Crippen molar-refractivity contribution in [3.8, 4) is 22.8 Å². The Kier molecular flexibility index (Phi) is 6.79. The molecule has 0 spiro atoms. The van der Waals surface area contributed by atoms with Gasteiger partial charge in [-0.25, -0.2) is 9.37 Å². The van der Waals surface area contributed by atoms with Gasteiger partial charge in [0.15, 0.2) is 0 Å². The number of alkyl halides is 3. The Morgan fingerprint density at radius 2 is 1.91 bits per heavy atom. The second-order valence-electron chi connectivity index (χ2n) is 11.2. The summed E-state index contributed by atoms with van der Waals surface area (Å²) >= 11 is 0. The van der Waals surface area contributed by atoms with Crippen LogP contribution in [0.2, 0.25) is 0 Å². The second-order valence-corrected chi connectivity index (χ2v) is 11.2. The Hall–Kier alpha value is -4.72. The van der Waals surface area contributed by atoms with Crippen LogP contribution in [0.15, 0.2) is 48.7 Å². The van der Waals surface area contributed by atoms with Crippen LogP contribution in [0.5, 0.6) is 11.5 Å². The van der Waals surface area contributed by atoms with E-state index < -0.39 is 47.1 Å². The highest BCUT2D eigenvalue weighted by Gasteiger charge is 2.57. The number of ether oxygens (including phenoxy) is 2. The van der Waals surface area contributed by atoms with Crippen molar-refractivity contribution in [2.75, 3.05) is 20.3 Å². The summed E-state index contributed by atoms with van der Waals surface area (Å²) < 4.78 is 70.6. The van der Waals surface area contributed by atoms with Crippen LogP contribution in [0, 0.1) is 5.82 Å². The lowest BCUT2D eigenvalue weighted by atomic mass is 9.81. The zero-order chi connectivity index (χ0) is 31.6. The predicted molar refractivity (Wildman–Crippen MR) is 149 cm³/mol. The molecule has 44 heavy (non-hydrogen) atoms. The molecular weight excluding hydrogens is 586 g/mol. The molecule has 14 heteroatoms. The average molecular weight is 614 g/mol. The first-order chi connectivity index (χ1) is 20.7. The van der Waals surface area contributed by atoms with E-state index >= 15 is 0 Å². The number of nitrogens with two attached hydrogens (primary N) is 1. The highest BCUT2D eigenvalue weighted by Crippen LogP contribution is 2.47. The quantitative estimate of drug-likeness (QED) is 0.256.